The van der Waals surface area contributed by atoms with Gasteiger partial charge in [0.1, 0.15) is 12.7 Å². The van der Waals surface area contributed by atoms with Gasteiger partial charge in [0, 0.05) is 12.8 Å². The SMILES string of the molecule is CO[C@H]1COc2c(S(=O)(=O)NC(=O)Nc3c(C(C)C)cc(C)cc3C(C)C)cnn2C1. The van der Waals surface area contributed by atoms with Crippen LogP contribution in [0.3, 0.4) is 0 Å². The summed E-state index contributed by atoms with van der Waals surface area (Å²) in [6, 6.07) is 3.18. The van der Waals surface area contributed by atoms with Gasteiger partial charge < -0.3 is 14.8 Å². The Morgan fingerprint density at radius 2 is 1.84 bits per heavy atom. The van der Waals surface area contributed by atoms with E-state index in [0.717, 1.165) is 16.7 Å². The lowest BCUT2D eigenvalue weighted by molar-refractivity contribution is 0.0165. The molecule has 2 aromatic rings. The van der Waals surface area contributed by atoms with Gasteiger partial charge in [-0.1, -0.05) is 45.4 Å². The number of nitrogens with one attached hydrogen (secondary N) is 2. The summed E-state index contributed by atoms with van der Waals surface area (Å²) in [6.45, 7) is 10.7. The fraction of sp³-hybridized carbons (Fsp3) is 0.524. The number of fused-ring (bicyclic) bond motifs is 1. The molecule has 0 unspecified atom stereocenters. The van der Waals surface area contributed by atoms with Crippen LogP contribution in [0.1, 0.15) is 56.2 Å². The van der Waals surface area contributed by atoms with Gasteiger partial charge in [-0.3, -0.25) is 0 Å². The summed E-state index contributed by atoms with van der Waals surface area (Å²) in [5, 5.41) is 6.82. The molecule has 0 radical (unpaired) electrons. The highest BCUT2D eigenvalue weighted by molar-refractivity contribution is 7.90. The van der Waals surface area contributed by atoms with Gasteiger partial charge in [-0.15, -0.1) is 0 Å². The van der Waals surface area contributed by atoms with E-state index in [0.29, 0.717) is 12.2 Å². The summed E-state index contributed by atoms with van der Waals surface area (Å²) in [6.07, 6.45) is 0.957. The number of sulfonamides is 1. The Hall–Kier alpha value is -2.59. The van der Waals surface area contributed by atoms with E-state index in [2.05, 4.69) is 15.1 Å². The molecule has 2 N–H and O–H groups in total. The number of nitrogens with zero attached hydrogens (tertiary/aromatic N) is 2. The minimum absolute atomic E-state index is 0.0923. The first-order valence-electron chi connectivity index (χ1n) is 10.2. The van der Waals surface area contributed by atoms with E-state index in [9.17, 15) is 13.2 Å². The molecule has 1 aromatic carbocycles. The van der Waals surface area contributed by atoms with Crippen LogP contribution in [0, 0.1) is 6.92 Å². The summed E-state index contributed by atoms with van der Waals surface area (Å²) >= 11 is 0. The zero-order valence-corrected chi connectivity index (χ0v) is 19.5. The van der Waals surface area contributed by atoms with Gasteiger partial charge in [-0.05, 0) is 29.9 Å². The third-order valence-electron chi connectivity index (χ3n) is 5.22. The molecule has 170 valence electrons. The number of ether oxygens (including phenoxy) is 2. The number of hydrogen-bond acceptors (Lipinski definition) is 6. The predicted octanol–water partition coefficient (Wildman–Crippen LogP) is 3.36. The second-order valence-corrected chi connectivity index (χ2v) is 10.0. The van der Waals surface area contributed by atoms with Crippen molar-refractivity contribution in [3.63, 3.8) is 0 Å². The lowest BCUT2D eigenvalue weighted by atomic mass is 9.90. The van der Waals surface area contributed by atoms with Crippen LogP contribution in [0.25, 0.3) is 0 Å². The third-order valence-corrected chi connectivity index (χ3v) is 6.53. The van der Waals surface area contributed by atoms with Crippen LogP contribution >= 0.6 is 0 Å². The molecule has 2 amide bonds. The number of carbonyl (C=O) groups excluding carboxylic acids is 1. The van der Waals surface area contributed by atoms with Crippen LogP contribution in [0.15, 0.2) is 23.2 Å². The number of urea groups is 1. The minimum atomic E-state index is -4.19. The predicted molar refractivity (Wildman–Crippen MR) is 117 cm³/mol. The number of aryl methyl sites for hydroxylation is 1. The van der Waals surface area contributed by atoms with Crippen molar-refractivity contribution >= 4 is 21.7 Å². The van der Waals surface area contributed by atoms with Gasteiger partial charge in [0.15, 0.2) is 4.90 Å². The molecule has 0 aliphatic carbocycles. The zero-order valence-electron chi connectivity index (χ0n) is 18.7. The van der Waals surface area contributed by atoms with Crippen LogP contribution < -0.4 is 14.8 Å². The number of anilines is 1. The van der Waals surface area contributed by atoms with Crippen LogP contribution in [0.5, 0.6) is 5.88 Å². The quantitative estimate of drug-likeness (QED) is 0.698. The van der Waals surface area contributed by atoms with Crippen molar-refractivity contribution in [3.05, 3.63) is 35.0 Å². The molecule has 1 aliphatic heterocycles. The summed E-state index contributed by atoms with van der Waals surface area (Å²) in [5.74, 6) is 0.387. The molecule has 3 rings (SSSR count). The second kappa shape index (κ2) is 8.88. The molecule has 31 heavy (non-hydrogen) atoms. The van der Waals surface area contributed by atoms with E-state index < -0.39 is 16.1 Å². The van der Waals surface area contributed by atoms with E-state index in [1.54, 1.807) is 7.11 Å². The minimum Gasteiger partial charge on any atom is -0.474 e. The van der Waals surface area contributed by atoms with Crippen molar-refractivity contribution in [2.45, 2.75) is 64.0 Å². The smallest absolute Gasteiger partial charge is 0.333 e. The molecular formula is C21H30N4O5S. The van der Waals surface area contributed by atoms with Gasteiger partial charge in [-0.2, -0.15) is 5.10 Å². The van der Waals surface area contributed by atoms with Gasteiger partial charge >= 0.3 is 6.03 Å². The maximum Gasteiger partial charge on any atom is 0.333 e. The lowest BCUT2D eigenvalue weighted by Crippen LogP contribution is -2.36. The maximum atomic E-state index is 12.9. The number of hydrogen-bond donors (Lipinski definition) is 2. The van der Waals surface area contributed by atoms with Crippen LogP contribution in [-0.4, -0.2) is 44.1 Å². The van der Waals surface area contributed by atoms with E-state index in [1.165, 1.54) is 10.9 Å². The summed E-state index contributed by atoms with van der Waals surface area (Å²) in [7, 11) is -2.64. The Morgan fingerprint density at radius 1 is 1.23 bits per heavy atom. The molecule has 0 fully saturated rings. The number of rotatable bonds is 6. The fourth-order valence-electron chi connectivity index (χ4n) is 3.59. The first-order valence-corrected chi connectivity index (χ1v) is 11.7. The van der Waals surface area contributed by atoms with Gasteiger partial charge in [0.25, 0.3) is 10.0 Å². The lowest BCUT2D eigenvalue weighted by Gasteiger charge is -2.23. The molecule has 0 spiro atoms. The van der Waals surface area contributed by atoms with Gasteiger partial charge in [0.05, 0.1) is 12.7 Å². The van der Waals surface area contributed by atoms with Crippen LogP contribution in [-0.2, 0) is 21.3 Å². The Bertz CT molecular complexity index is 1050. The van der Waals surface area contributed by atoms with Crippen molar-refractivity contribution in [2.24, 2.45) is 0 Å². The van der Waals surface area contributed by atoms with Crippen molar-refractivity contribution in [1.29, 1.82) is 0 Å². The molecular weight excluding hydrogens is 420 g/mol. The summed E-state index contributed by atoms with van der Waals surface area (Å²) in [5.41, 5.74) is 3.63. The second-order valence-electron chi connectivity index (χ2n) is 8.35. The highest BCUT2D eigenvalue weighted by Gasteiger charge is 2.31. The van der Waals surface area contributed by atoms with Crippen molar-refractivity contribution in [3.8, 4) is 5.88 Å². The molecule has 10 heteroatoms. The number of aromatic nitrogens is 2. The van der Waals surface area contributed by atoms with E-state index in [4.69, 9.17) is 9.47 Å². The van der Waals surface area contributed by atoms with E-state index >= 15 is 0 Å². The van der Waals surface area contributed by atoms with Crippen molar-refractivity contribution in [1.82, 2.24) is 14.5 Å². The Labute approximate surface area is 183 Å². The molecule has 0 bridgehead atoms. The van der Waals surface area contributed by atoms with E-state index in [1.807, 2.05) is 46.8 Å². The third kappa shape index (κ3) is 4.85. The highest BCUT2D eigenvalue weighted by atomic mass is 32.2. The first-order chi connectivity index (χ1) is 14.5. The van der Waals surface area contributed by atoms with Crippen LogP contribution in [0.4, 0.5) is 10.5 Å². The summed E-state index contributed by atoms with van der Waals surface area (Å²) < 4.78 is 40.0. The number of methoxy groups -OCH3 is 1. The maximum absolute atomic E-state index is 12.9. The van der Waals surface area contributed by atoms with Crippen LogP contribution in [0.2, 0.25) is 0 Å². The Kier molecular flexibility index (Phi) is 6.61. The monoisotopic (exact) mass is 450 g/mol. The van der Waals surface area contributed by atoms with Crippen molar-refractivity contribution < 1.29 is 22.7 Å². The van der Waals surface area contributed by atoms with Gasteiger partial charge in [0.2, 0.25) is 5.88 Å². The normalized spacial score (nSPS) is 16.2. The average Bonchev–Trinajstić information content (AvgIpc) is 3.12. The number of carbonyl (C=O) groups is 1. The summed E-state index contributed by atoms with van der Waals surface area (Å²) in [4.78, 5) is 12.5. The average molecular weight is 451 g/mol. The molecule has 1 aliphatic rings. The zero-order chi connectivity index (χ0) is 22.9. The van der Waals surface area contributed by atoms with Crippen molar-refractivity contribution in [2.75, 3.05) is 19.0 Å². The fourth-order valence-corrected chi connectivity index (χ4v) is 4.58. The molecule has 1 aromatic heterocycles. The Morgan fingerprint density at radius 3 is 2.39 bits per heavy atom. The molecule has 0 saturated carbocycles. The molecule has 2 heterocycles. The Balaban J connectivity index is 1.86. The molecule has 1 atom stereocenters. The number of benzene rings is 1. The molecule has 9 nitrogen and oxygen atoms in total. The van der Waals surface area contributed by atoms with E-state index in [-0.39, 0.29) is 35.3 Å². The first kappa shape index (κ1) is 23.1. The number of amides is 2. The van der Waals surface area contributed by atoms with Gasteiger partial charge in [-0.25, -0.2) is 22.6 Å². The highest BCUT2D eigenvalue weighted by Crippen LogP contribution is 2.34. The molecule has 0 saturated heterocycles. The standard InChI is InChI=1S/C21H30N4O5S/c1-12(2)16-7-14(5)8-17(13(3)4)19(16)23-21(26)24-31(27,28)18-9-22-25-10-15(29-6)11-30-20(18)25/h7-9,12-13,15H,10-11H2,1-6H3,(H2,23,24,26)/t15-/m1/s1. The largest absolute Gasteiger partial charge is 0.474 e. The topological polar surface area (TPSA) is 112 Å².